The number of benzene rings is 1. The fraction of sp³-hybridized carbons (Fsp3) is 0.231. The molecule has 0 aliphatic heterocycles. The number of hydrogen-bond donors (Lipinski definition) is 0. The molecule has 1 aromatic carbocycles. The zero-order valence-corrected chi connectivity index (χ0v) is 9.85. The van der Waals surface area contributed by atoms with Crippen molar-refractivity contribution in [2.45, 2.75) is 18.8 Å². The minimum Gasteiger partial charge on any atom is -0.239 e. The SMILES string of the molecule is N#Cc1cc(Cl)ccc1-n1ccc(C2CC2)n1. The summed E-state index contributed by atoms with van der Waals surface area (Å²) in [4.78, 5) is 0. The number of halogens is 1. The van der Waals surface area contributed by atoms with Crippen LogP contribution in [0.1, 0.15) is 30.0 Å². The van der Waals surface area contributed by atoms with Crippen molar-refractivity contribution < 1.29 is 0 Å². The summed E-state index contributed by atoms with van der Waals surface area (Å²) in [6, 6.07) is 9.43. The lowest BCUT2D eigenvalue weighted by Crippen LogP contribution is -1.98. The van der Waals surface area contributed by atoms with Gasteiger partial charge in [0.2, 0.25) is 0 Å². The van der Waals surface area contributed by atoms with Crippen molar-refractivity contribution in [3.63, 3.8) is 0 Å². The van der Waals surface area contributed by atoms with E-state index < -0.39 is 0 Å². The lowest BCUT2D eigenvalue weighted by atomic mass is 10.2. The van der Waals surface area contributed by atoms with Crippen LogP contribution in [-0.2, 0) is 0 Å². The largest absolute Gasteiger partial charge is 0.239 e. The lowest BCUT2D eigenvalue weighted by molar-refractivity contribution is 0.835. The van der Waals surface area contributed by atoms with Crippen molar-refractivity contribution >= 4 is 11.6 Å². The molecule has 3 nitrogen and oxygen atoms in total. The summed E-state index contributed by atoms with van der Waals surface area (Å²) in [7, 11) is 0. The Kier molecular flexibility index (Phi) is 2.38. The van der Waals surface area contributed by atoms with Gasteiger partial charge in [-0.1, -0.05) is 11.6 Å². The molecule has 1 saturated carbocycles. The van der Waals surface area contributed by atoms with E-state index in [0.717, 1.165) is 11.4 Å². The van der Waals surface area contributed by atoms with E-state index >= 15 is 0 Å². The molecule has 3 rings (SSSR count). The molecule has 0 unspecified atom stereocenters. The summed E-state index contributed by atoms with van der Waals surface area (Å²) in [5.74, 6) is 0.620. The third kappa shape index (κ3) is 1.92. The first-order valence-corrected chi connectivity index (χ1v) is 5.91. The van der Waals surface area contributed by atoms with Gasteiger partial charge in [-0.25, -0.2) is 4.68 Å². The first-order chi connectivity index (χ1) is 8.28. The maximum absolute atomic E-state index is 9.08. The molecule has 1 fully saturated rings. The first kappa shape index (κ1) is 10.4. The Morgan fingerprint density at radius 3 is 2.88 bits per heavy atom. The van der Waals surface area contributed by atoms with Crippen molar-refractivity contribution in [1.29, 1.82) is 5.26 Å². The Morgan fingerprint density at radius 1 is 1.35 bits per heavy atom. The Hall–Kier alpha value is -1.79. The van der Waals surface area contributed by atoms with Crippen LogP contribution in [0.2, 0.25) is 5.02 Å². The van der Waals surface area contributed by atoms with Crippen molar-refractivity contribution in [2.24, 2.45) is 0 Å². The zero-order chi connectivity index (χ0) is 11.8. The second-order valence-corrected chi connectivity index (χ2v) is 4.67. The second kappa shape index (κ2) is 3.90. The van der Waals surface area contributed by atoms with Gasteiger partial charge in [-0.15, -0.1) is 0 Å². The number of nitriles is 1. The highest BCUT2D eigenvalue weighted by Crippen LogP contribution is 2.39. The topological polar surface area (TPSA) is 41.6 Å². The van der Waals surface area contributed by atoms with Crippen molar-refractivity contribution in [3.8, 4) is 11.8 Å². The summed E-state index contributed by atoms with van der Waals surface area (Å²) in [5, 5.41) is 14.2. The molecule has 1 aromatic heterocycles. The maximum atomic E-state index is 9.08. The van der Waals surface area contributed by atoms with Gasteiger partial charge in [0.1, 0.15) is 6.07 Å². The van der Waals surface area contributed by atoms with Gasteiger partial charge in [-0.05, 0) is 37.1 Å². The van der Waals surface area contributed by atoms with E-state index in [0.29, 0.717) is 16.5 Å². The van der Waals surface area contributed by atoms with Crippen LogP contribution in [0.5, 0.6) is 0 Å². The third-order valence-corrected chi connectivity index (χ3v) is 3.17. The first-order valence-electron chi connectivity index (χ1n) is 5.53. The molecule has 0 atom stereocenters. The number of hydrogen-bond acceptors (Lipinski definition) is 2. The average molecular weight is 244 g/mol. The van der Waals surface area contributed by atoms with Crippen LogP contribution in [0.15, 0.2) is 30.5 Å². The molecular formula is C13H10ClN3. The van der Waals surface area contributed by atoms with Gasteiger partial charge >= 0.3 is 0 Å². The Labute approximate surface area is 104 Å². The van der Waals surface area contributed by atoms with E-state index in [1.54, 1.807) is 16.8 Å². The van der Waals surface area contributed by atoms with Crippen LogP contribution < -0.4 is 0 Å². The Morgan fingerprint density at radius 2 is 2.18 bits per heavy atom. The minimum atomic E-state index is 0.544. The van der Waals surface area contributed by atoms with Crippen LogP contribution in [-0.4, -0.2) is 9.78 Å². The average Bonchev–Trinajstić information content (AvgIpc) is 3.08. The highest BCUT2D eigenvalue weighted by molar-refractivity contribution is 6.30. The molecule has 0 spiro atoms. The van der Waals surface area contributed by atoms with E-state index in [1.165, 1.54) is 12.8 Å². The summed E-state index contributed by atoms with van der Waals surface area (Å²) in [6.45, 7) is 0. The molecule has 1 aliphatic rings. The van der Waals surface area contributed by atoms with Crippen LogP contribution in [0.25, 0.3) is 5.69 Å². The van der Waals surface area contributed by atoms with E-state index in [1.807, 2.05) is 18.3 Å². The van der Waals surface area contributed by atoms with Gasteiger partial charge in [-0.3, -0.25) is 0 Å². The summed E-state index contributed by atoms with van der Waals surface area (Å²) in [6.07, 6.45) is 4.35. The number of rotatable bonds is 2. The minimum absolute atomic E-state index is 0.544. The Bertz CT molecular complexity index is 605. The molecule has 0 N–H and O–H groups in total. The summed E-state index contributed by atoms with van der Waals surface area (Å²) < 4.78 is 1.75. The fourth-order valence-electron chi connectivity index (χ4n) is 1.87. The molecule has 0 saturated heterocycles. The maximum Gasteiger partial charge on any atom is 0.101 e. The molecule has 1 heterocycles. The molecule has 0 bridgehead atoms. The monoisotopic (exact) mass is 243 g/mol. The van der Waals surface area contributed by atoms with Gasteiger partial charge < -0.3 is 0 Å². The van der Waals surface area contributed by atoms with Crippen LogP contribution in [0.3, 0.4) is 0 Å². The van der Waals surface area contributed by atoms with Gasteiger partial charge in [-0.2, -0.15) is 10.4 Å². The highest BCUT2D eigenvalue weighted by Gasteiger charge is 2.26. The number of nitrogens with zero attached hydrogens (tertiary/aromatic N) is 3. The smallest absolute Gasteiger partial charge is 0.101 e. The lowest BCUT2D eigenvalue weighted by Gasteiger charge is -2.04. The molecule has 2 aromatic rings. The molecule has 1 aliphatic carbocycles. The highest BCUT2D eigenvalue weighted by atomic mass is 35.5. The Balaban J connectivity index is 2.04. The van der Waals surface area contributed by atoms with Crippen LogP contribution in [0.4, 0.5) is 0 Å². The summed E-state index contributed by atoms with van der Waals surface area (Å²) >= 11 is 5.87. The van der Waals surface area contributed by atoms with Crippen LogP contribution in [0, 0.1) is 11.3 Å². The predicted octanol–water partition coefficient (Wildman–Crippen LogP) is 3.27. The van der Waals surface area contributed by atoms with Crippen molar-refractivity contribution in [3.05, 3.63) is 46.7 Å². The molecule has 0 amide bonds. The number of aromatic nitrogens is 2. The third-order valence-electron chi connectivity index (χ3n) is 2.93. The molecule has 0 radical (unpaired) electrons. The van der Waals surface area contributed by atoms with Gasteiger partial charge in [0.25, 0.3) is 0 Å². The van der Waals surface area contributed by atoms with Crippen molar-refractivity contribution in [2.75, 3.05) is 0 Å². The second-order valence-electron chi connectivity index (χ2n) is 4.23. The standard InChI is InChI=1S/C13H10ClN3/c14-11-3-4-13(10(7-11)8-15)17-6-5-12(16-17)9-1-2-9/h3-7,9H,1-2H2. The van der Waals surface area contributed by atoms with E-state index in [-0.39, 0.29) is 0 Å². The fourth-order valence-corrected chi connectivity index (χ4v) is 2.04. The van der Waals surface area contributed by atoms with Crippen LogP contribution >= 0.6 is 11.6 Å². The zero-order valence-electron chi connectivity index (χ0n) is 9.10. The van der Waals surface area contributed by atoms with Gasteiger partial charge in [0.15, 0.2) is 0 Å². The van der Waals surface area contributed by atoms with Gasteiger partial charge in [0.05, 0.1) is 16.9 Å². The molecule has 17 heavy (non-hydrogen) atoms. The van der Waals surface area contributed by atoms with Crippen molar-refractivity contribution in [1.82, 2.24) is 9.78 Å². The molecule has 84 valence electrons. The predicted molar refractivity (Wildman–Crippen MR) is 65.3 cm³/mol. The normalized spacial score (nSPS) is 14.6. The molecular weight excluding hydrogens is 234 g/mol. The van der Waals surface area contributed by atoms with Gasteiger partial charge in [0, 0.05) is 17.1 Å². The molecule has 4 heteroatoms. The van der Waals surface area contributed by atoms with E-state index in [2.05, 4.69) is 11.2 Å². The van der Waals surface area contributed by atoms with E-state index in [4.69, 9.17) is 16.9 Å². The van der Waals surface area contributed by atoms with E-state index in [9.17, 15) is 0 Å². The summed E-state index contributed by atoms with van der Waals surface area (Å²) in [5.41, 5.74) is 2.44. The quantitative estimate of drug-likeness (QED) is 0.812.